The van der Waals surface area contributed by atoms with Gasteiger partial charge in [-0.3, -0.25) is 14.4 Å². The van der Waals surface area contributed by atoms with Crippen LogP contribution in [0.3, 0.4) is 0 Å². The highest BCUT2D eigenvalue weighted by atomic mass is 16.4. The second-order valence-corrected chi connectivity index (χ2v) is 5.15. The molecule has 2 rings (SSSR count). The van der Waals surface area contributed by atoms with E-state index in [1.807, 2.05) is 6.07 Å². The Morgan fingerprint density at radius 2 is 1.75 bits per heavy atom. The standard InChI is InChI=1S/C15H17NO4/c17-12(11-4-2-1-3-5-11)6-7-13(18)16-10-15(8-9-15)14(19)20/h1-5H,6-10H2,(H,16,18)(H,19,20). The molecule has 0 radical (unpaired) electrons. The zero-order chi connectivity index (χ0) is 14.6. The molecule has 1 aliphatic carbocycles. The van der Waals surface area contributed by atoms with Gasteiger partial charge in [0.1, 0.15) is 0 Å². The van der Waals surface area contributed by atoms with Crippen molar-refractivity contribution in [2.45, 2.75) is 25.7 Å². The molecule has 0 spiro atoms. The quantitative estimate of drug-likeness (QED) is 0.741. The highest BCUT2D eigenvalue weighted by Gasteiger charge is 2.50. The van der Waals surface area contributed by atoms with Crippen molar-refractivity contribution in [3.63, 3.8) is 0 Å². The lowest BCUT2D eigenvalue weighted by molar-refractivity contribution is -0.143. The number of carbonyl (C=O) groups is 3. The number of benzene rings is 1. The summed E-state index contributed by atoms with van der Waals surface area (Å²) in [5.41, 5.74) is -0.177. The molecule has 20 heavy (non-hydrogen) atoms. The molecule has 1 aliphatic rings. The predicted molar refractivity (Wildman–Crippen MR) is 72.3 cm³/mol. The zero-order valence-electron chi connectivity index (χ0n) is 11.1. The molecule has 106 valence electrons. The number of amides is 1. The van der Waals surface area contributed by atoms with Crippen LogP contribution in [-0.2, 0) is 9.59 Å². The molecule has 1 aromatic carbocycles. The molecule has 0 bridgehead atoms. The van der Waals surface area contributed by atoms with Crippen LogP contribution in [0, 0.1) is 5.41 Å². The van der Waals surface area contributed by atoms with Gasteiger partial charge >= 0.3 is 5.97 Å². The Morgan fingerprint density at radius 1 is 1.10 bits per heavy atom. The topological polar surface area (TPSA) is 83.5 Å². The molecule has 1 aromatic rings. The van der Waals surface area contributed by atoms with E-state index in [2.05, 4.69) is 5.32 Å². The zero-order valence-corrected chi connectivity index (χ0v) is 11.1. The summed E-state index contributed by atoms with van der Waals surface area (Å²) in [4.78, 5) is 34.4. The lowest BCUT2D eigenvalue weighted by Crippen LogP contribution is -2.34. The Morgan fingerprint density at radius 3 is 2.30 bits per heavy atom. The number of carboxylic acid groups (broad SMARTS) is 1. The molecule has 2 N–H and O–H groups in total. The van der Waals surface area contributed by atoms with Crippen molar-refractivity contribution in [2.75, 3.05) is 6.54 Å². The van der Waals surface area contributed by atoms with Crippen molar-refractivity contribution < 1.29 is 19.5 Å². The van der Waals surface area contributed by atoms with Gasteiger partial charge in [-0.05, 0) is 12.8 Å². The van der Waals surface area contributed by atoms with Crippen LogP contribution in [0.4, 0.5) is 0 Å². The summed E-state index contributed by atoms with van der Waals surface area (Å²) >= 11 is 0. The van der Waals surface area contributed by atoms with E-state index in [1.165, 1.54) is 0 Å². The third kappa shape index (κ3) is 3.44. The molecular weight excluding hydrogens is 258 g/mol. The molecule has 0 saturated heterocycles. The van der Waals surface area contributed by atoms with Gasteiger partial charge in [0.05, 0.1) is 5.41 Å². The second-order valence-electron chi connectivity index (χ2n) is 5.15. The van der Waals surface area contributed by atoms with E-state index in [-0.39, 0.29) is 31.1 Å². The van der Waals surface area contributed by atoms with Gasteiger partial charge < -0.3 is 10.4 Å². The third-order valence-electron chi connectivity index (χ3n) is 3.61. The van der Waals surface area contributed by atoms with E-state index in [0.29, 0.717) is 18.4 Å². The number of rotatable bonds is 7. The fourth-order valence-corrected chi connectivity index (χ4v) is 1.97. The van der Waals surface area contributed by atoms with Gasteiger partial charge in [-0.2, -0.15) is 0 Å². The number of carbonyl (C=O) groups excluding carboxylic acids is 2. The van der Waals surface area contributed by atoms with Gasteiger partial charge in [0.25, 0.3) is 0 Å². The van der Waals surface area contributed by atoms with Crippen molar-refractivity contribution in [1.29, 1.82) is 0 Å². The van der Waals surface area contributed by atoms with Crippen molar-refractivity contribution >= 4 is 17.7 Å². The molecule has 5 heteroatoms. The number of hydrogen-bond donors (Lipinski definition) is 2. The number of aliphatic carboxylic acids is 1. The first-order valence-electron chi connectivity index (χ1n) is 6.62. The Balaban J connectivity index is 1.73. The molecule has 1 fully saturated rings. The first-order chi connectivity index (χ1) is 9.53. The highest BCUT2D eigenvalue weighted by Crippen LogP contribution is 2.45. The molecular formula is C15H17NO4. The van der Waals surface area contributed by atoms with E-state index < -0.39 is 11.4 Å². The van der Waals surface area contributed by atoms with Crippen molar-refractivity contribution in [1.82, 2.24) is 5.32 Å². The van der Waals surface area contributed by atoms with Crippen molar-refractivity contribution in [2.24, 2.45) is 5.41 Å². The maximum Gasteiger partial charge on any atom is 0.311 e. The van der Waals surface area contributed by atoms with Crippen LogP contribution in [0.1, 0.15) is 36.0 Å². The van der Waals surface area contributed by atoms with Crippen LogP contribution in [0.5, 0.6) is 0 Å². The van der Waals surface area contributed by atoms with Gasteiger partial charge in [-0.25, -0.2) is 0 Å². The van der Waals surface area contributed by atoms with Crippen LogP contribution in [0.25, 0.3) is 0 Å². The minimum absolute atomic E-state index is 0.0832. The highest BCUT2D eigenvalue weighted by molar-refractivity contribution is 5.97. The molecule has 0 heterocycles. The van der Waals surface area contributed by atoms with Crippen LogP contribution in [0.15, 0.2) is 30.3 Å². The first kappa shape index (κ1) is 14.2. The molecule has 1 amide bonds. The fourth-order valence-electron chi connectivity index (χ4n) is 1.97. The van der Waals surface area contributed by atoms with E-state index in [1.54, 1.807) is 24.3 Å². The van der Waals surface area contributed by atoms with Gasteiger partial charge in [0.15, 0.2) is 5.78 Å². The maximum atomic E-state index is 11.8. The van der Waals surface area contributed by atoms with Crippen molar-refractivity contribution in [3.05, 3.63) is 35.9 Å². The number of hydrogen-bond acceptors (Lipinski definition) is 3. The summed E-state index contributed by atoms with van der Waals surface area (Å²) < 4.78 is 0. The number of carboxylic acids is 1. The van der Waals surface area contributed by atoms with Gasteiger partial charge in [0.2, 0.25) is 5.91 Å². The Bertz CT molecular complexity index is 520. The van der Waals surface area contributed by atoms with Gasteiger partial charge in [-0.1, -0.05) is 30.3 Å². The number of ketones is 1. The second kappa shape index (κ2) is 5.86. The Labute approximate surface area is 117 Å². The van der Waals surface area contributed by atoms with E-state index in [9.17, 15) is 14.4 Å². The molecule has 0 unspecified atom stereocenters. The Kier molecular flexibility index (Phi) is 4.17. The van der Waals surface area contributed by atoms with Gasteiger partial charge in [-0.15, -0.1) is 0 Å². The van der Waals surface area contributed by atoms with E-state index in [0.717, 1.165) is 0 Å². The Hall–Kier alpha value is -2.17. The summed E-state index contributed by atoms with van der Waals surface area (Å²) in [6, 6.07) is 8.80. The maximum absolute atomic E-state index is 11.8. The molecule has 0 atom stereocenters. The molecule has 1 saturated carbocycles. The normalized spacial score (nSPS) is 15.4. The average Bonchev–Trinajstić information content (AvgIpc) is 3.25. The van der Waals surface area contributed by atoms with Gasteiger partial charge in [0, 0.05) is 24.9 Å². The lowest BCUT2D eigenvalue weighted by Gasteiger charge is -2.10. The average molecular weight is 275 g/mol. The molecule has 0 aliphatic heterocycles. The van der Waals surface area contributed by atoms with Crippen LogP contribution in [-0.4, -0.2) is 29.3 Å². The summed E-state index contributed by atoms with van der Waals surface area (Å²) in [7, 11) is 0. The molecule has 0 aromatic heterocycles. The lowest BCUT2D eigenvalue weighted by atomic mass is 10.1. The van der Waals surface area contributed by atoms with Crippen LogP contribution in [0.2, 0.25) is 0 Å². The number of Topliss-reactive ketones (excluding diaryl/α,β-unsaturated/α-hetero) is 1. The fraction of sp³-hybridized carbons (Fsp3) is 0.400. The SMILES string of the molecule is O=C(CCC(=O)c1ccccc1)NCC1(C(=O)O)CC1. The minimum atomic E-state index is -0.863. The smallest absolute Gasteiger partial charge is 0.311 e. The summed E-state index contributed by atoms with van der Waals surface area (Å²) in [5.74, 6) is -1.22. The van der Waals surface area contributed by atoms with Crippen LogP contribution >= 0.6 is 0 Å². The summed E-state index contributed by atoms with van der Waals surface area (Å²) in [6.45, 7) is 0.153. The number of nitrogens with one attached hydrogen (secondary N) is 1. The predicted octanol–water partition coefficient (Wildman–Crippen LogP) is 1.63. The summed E-state index contributed by atoms with van der Waals surface area (Å²) in [5, 5.41) is 11.6. The third-order valence-corrected chi connectivity index (χ3v) is 3.61. The van der Waals surface area contributed by atoms with Crippen LogP contribution < -0.4 is 5.32 Å². The first-order valence-corrected chi connectivity index (χ1v) is 6.62. The molecule has 5 nitrogen and oxygen atoms in total. The van der Waals surface area contributed by atoms with E-state index >= 15 is 0 Å². The largest absolute Gasteiger partial charge is 0.481 e. The van der Waals surface area contributed by atoms with Crippen molar-refractivity contribution in [3.8, 4) is 0 Å². The summed E-state index contributed by atoms with van der Waals surface area (Å²) in [6.07, 6.45) is 1.43. The van der Waals surface area contributed by atoms with E-state index in [4.69, 9.17) is 5.11 Å². The monoisotopic (exact) mass is 275 g/mol. The minimum Gasteiger partial charge on any atom is -0.481 e.